The molecular weight excluding hydrogens is 627 g/mol. The summed E-state index contributed by atoms with van der Waals surface area (Å²) < 4.78 is 101. The van der Waals surface area contributed by atoms with E-state index in [2.05, 4.69) is 30.1 Å². The molecule has 0 bridgehead atoms. The third kappa shape index (κ3) is 6.25. The fourth-order valence-electron chi connectivity index (χ4n) is 4.30. The van der Waals surface area contributed by atoms with E-state index in [0.29, 0.717) is 15.6 Å². The lowest BCUT2D eigenvalue weighted by atomic mass is 10.0. The van der Waals surface area contributed by atoms with Gasteiger partial charge >= 0.3 is 12.8 Å². The average molecular weight is 644 g/mol. The van der Waals surface area contributed by atoms with Crippen LogP contribution >= 0.6 is 11.6 Å². The van der Waals surface area contributed by atoms with Crippen LogP contribution in [0.25, 0.3) is 28.1 Å². The van der Waals surface area contributed by atoms with Gasteiger partial charge in [-0.3, -0.25) is 4.68 Å². The maximum Gasteiger partial charge on any atom is 0.436 e. The van der Waals surface area contributed by atoms with Crippen LogP contribution in [0.1, 0.15) is 23.9 Å². The fourth-order valence-corrected chi connectivity index (χ4v) is 4.46. The third-order valence-corrected chi connectivity index (χ3v) is 6.55. The average Bonchev–Trinajstić information content (AvgIpc) is 3.64. The van der Waals surface area contributed by atoms with E-state index in [9.17, 15) is 31.5 Å². The van der Waals surface area contributed by atoms with Crippen molar-refractivity contribution in [1.29, 1.82) is 0 Å². The lowest BCUT2D eigenvalue weighted by Crippen LogP contribution is -2.36. The van der Waals surface area contributed by atoms with Gasteiger partial charge in [0.05, 0.1) is 47.0 Å². The molecular formula is C25H17ClF7N9O2. The van der Waals surface area contributed by atoms with Crippen molar-refractivity contribution in [2.75, 3.05) is 12.3 Å². The Labute approximate surface area is 246 Å². The number of benzene rings is 1. The quantitative estimate of drug-likeness (QED) is 0.135. The Bertz CT molecular complexity index is 1810. The minimum absolute atomic E-state index is 0.0887. The Morgan fingerprint density at radius 1 is 1.07 bits per heavy atom. The predicted octanol–water partition coefficient (Wildman–Crippen LogP) is 4.97. The van der Waals surface area contributed by atoms with Crippen LogP contribution in [0.15, 0.2) is 55.2 Å². The summed E-state index contributed by atoms with van der Waals surface area (Å²) in [7, 11) is 0. The number of halogens is 8. The van der Waals surface area contributed by atoms with Gasteiger partial charge in [0.25, 0.3) is 0 Å². The number of nitrogens with two attached hydrogens (primary N) is 1. The standard InChI is InChI=1S/C25H17ClF7N9O2/c26-14-2-4-17(41-11-18(38-39-41)25(31,32)33)20(21(14)27)12-1-3-16(42(43)10-12)15(5-6-44-24(29)30)40-9-13(7-36-40)22-23(28)37-19(34)8-35-22/h1-4,7-11,15,24H,5-6H2,(H2,34,37)/t15-/m0/s1. The number of rotatable bonds is 9. The second-order valence-electron chi connectivity index (χ2n) is 9.05. The van der Waals surface area contributed by atoms with Crippen LogP contribution in [0, 0.1) is 17.0 Å². The first-order valence-electron chi connectivity index (χ1n) is 12.3. The summed E-state index contributed by atoms with van der Waals surface area (Å²) in [5.41, 5.74) is 3.20. The molecule has 230 valence electrons. The van der Waals surface area contributed by atoms with Gasteiger partial charge in [-0.25, -0.2) is 14.1 Å². The third-order valence-electron chi connectivity index (χ3n) is 6.26. The molecule has 0 saturated heterocycles. The molecule has 11 nitrogen and oxygen atoms in total. The molecule has 1 atom stereocenters. The highest BCUT2D eigenvalue weighted by Crippen LogP contribution is 2.35. The van der Waals surface area contributed by atoms with Crippen molar-refractivity contribution < 1.29 is 40.2 Å². The van der Waals surface area contributed by atoms with Crippen molar-refractivity contribution in [3.8, 4) is 28.1 Å². The van der Waals surface area contributed by atoms with Gasteiger partial charge in [0.2, 0.25) is 11.6 Å². The first kappa shape index (κ1) is 30.6. The minimum atomic E-state index is -4.83. The van der Waals surface area contributed by atoms with Crippen molar-refractivity contribution in [3.05, 3.63) is 88.6 Å². The second kappa shape index (κ2) is 12.0. The molecule has 1 aromatic carbocycles. The zero-order valence-corrected chi connectivity index (χ0v) is 22.5. The molecule has 0 fully saturated rings. The first-order valence-corrected chi connectivity index (χ1v) is 12.6. The number of alkyl halides is 5. The Kier molecular flexibility index (Phi) is 8.38. The van der Waals surface area contributed by atoms with Crippen LogP contribution in [0.3, 0.4) is 0 Å². The molecule has 4 aromatic heterocycles. The summed E-state index contributed by atoms with van der Waals surface area (Å²) in [5.74, 6) is -2.23. The minimum Gasteiger partial charge on any atom is -0.618 e. The highest BCUT2D eigenvalue weighted by atomic mass is 35.5. The van der Waals surface area contributed by atoms with Gasteiger partial charge in [-0.15, -0.1) is 5.10 Å². The molecule has 44 heavy (non-hydrogen) atoms. The molecule has 0 unspecified atom stereocenters. The van der Waals surface area contributed by atoms with Gasteiger partial charge in [0.1, 0.15) is 17.6 Å². The van der Waals surface area contributed by atoms with Gasteiger partial charge in [0, 0.05) is 24.2 Å². The summed E-state index contributed by atoms with van der Waals surface area (Å²) in [6.45, 7) is -3.64. The Balaban J connectivity index is 1.55. The van der Waals surface area contributed by atoms with Crippen LogP contribution in [-0.4, -0.2) is 48.0 Å². The molecule has 5 rings (SSSR count). The molecule has 0 spiro atoms. The number of pyridine rings is 1. The Morgan fingerprint density at radius 3 is 2.50 bits per heavy atom. The Morgan fingerprint density at radius 2 is 1.84 bits per heavy atom. The van der Waals surface area contributed by atoms with E-state index in [1.165, 1.54) is 35.3 Å². The van der Waals surface area contributed by atoms with Crippen molar-refractivity contribution in [3.63, 3.8) is 0 Å². The van der Waals surface area contributed by atoms with E-state index >= 15 is 4.39 Å². The monoisotopic (exact) mass is 643 g/mol. The summed E-state index contributed by atoms with van der Waals surface area (Å²) in [5, 5.41) is 23.5. The SMILES string of the molecule is Nc1cnc(-c2cnn([C@@H](CCOC(F)F)c3ccc(-c4c(-n5cc(C(F)(F)F)nn5)ccc(Cl)c4F)c[n+]3[O-])c2)c(F)n1. The van der Waals surface area contributed by atoms with E-state index in [1.54, 1.807) is 0 Å². The van der Waals surface area contributed by atoms with Crippen molar-refractivity contribution in [1.82, 2.24) is 34.7 Å². The number of nitrogen functional groups attached to an aromatic ring is 1. The molecule has 0 radical (unpaired) electrons. The van der Waals surface area contributed by atoms with E-state index in [4.69, 9.17) is 17.3 Å². The van der Waals surface area contributed by atoms with Gasteiger partial charge in [-0.1, -0.05) is 16.8 Å². The van der Waals surface area contributed by atoms with E-state index in [-0.39, 0.29) is 46.0 Å². The molecule has 0 amide bonds. The van der Waals surface area contributed by atoms with Crippen LogP contribution in [0.5, 0.6) is 0 Å². The van der Waals surface area contributed by atoms with Crippen molar-refractivity contribution in [2.24, 2.45) is 0 Å². The summed E-state index contributed by atoms with van der Waals surface area (Å²) in [6, 6.07) is 3.69. The van der Waals surface area contributed by atoms with Gasteiger partial charge in [-0.05, 0) is 18.2 Å². The van der Waals surface area contributed by atoms with Crippen LogP contribution < -0.4 is 10.5 Å². The zero-order chi connectivity index (χ0) is 31.8. The van der Waals surface area contributed by atoms with Crippen LogP contribution in [0.4, 0.5) is 36.6 Å². The molecule has 2 N–H and O–H groups in total. The van der Waals surface area contributed by atoms with Crippen molar-refractivity contribution >= 4 is 17.4 Å². The van der Waals surface area contributed by atoms with E-state index in [0.717, 1.165) is 18.5 Å². The number of hydrogen-bond donors (Lipinski definition) is 1. The van der Waals surface area contributed by atoms with Crippen LogP contribution in [0.2, 0.25) is 5.02 Å². The molecule has 0 aliphatic heterocycles. The maximum absolute atomic E-state index is 15.3. The summed E-state index contributed by atoms with van der Waals surface area (Å²) >= 11 is 5.94. The number of nitrogens with zero attached hydrogens (tertiary/aromatic N) is 8. The maximum atomic E-state index is 15.3. The Hall–Kier alpha value is -4.84. The molecule has 5 aromatic rings. The lowest BCUT2D eigenvalue weighted by molar-refractivity contribution is -0.615. The largest absolute Gasteiger partial charge is 0.618 e. The smallest absolute Gasteiger partial charge is 0.436 e. The topological polar surface area (TPSA) is 136 Å². The molecule has 0 saturated carbocycles. The molecule has 19 heteroatoms. The van der Waals surface area contributed by atoms with Gasteiger partial charge in [0.15, 0.2) is 17.7 Å². The second-order valence-corrected chi connectivity index (χ2v) is 9.46. The van der Waals surface area contributed by atoms with Crippen molar-refractivity contribution in [2.45, 2.75) is 25.3 Å². The highest BCUT2D eigenvalue weighted by molar-refractivity contribution is 6.31. The lowest BCUT2D eigenvalue weighted by Gasteiger charge is -2.18. The van der Waals surface area contributed by atoms with Gasteiger partial charge in [-0.2, -0.15) is 41.2 Å². The fraction of sp³-hybridized carbons (Fsp3) is 0.200. The first-order chi connectivity index (χ1) is 20.8. The number of ether oxygens (including phenoxy) is 1. The summed E-state index contributed by atoms with van der Waals surface area (Å²) in [4.78, 5) is 7.37. The van der Waals surface area contributed by atoms with Gasteiger partial charge < -0.3 is 15.7 Å². The number of hydrogen-bond acceptors (Lipinski definition) is 8. The highest BCUT2D eigenvalue weighted by Gasteiger charge is 2.35. The predicted molar refractivity (Wildman–Crippen MR) is 138 cm³/mol. The number of anilines is 1. The zero-order valence-electron chi connectivity index (χ0n) is 21.8. The molecule has 4 heterocycles. The molecule has 0 aliphatic rings. The summed E-state index contributed by atoms with van der Waals surface area (Å²) in [6.07, 6.45) is 0.000822. The van der Waals surface area contributed by atoms with E-state index < -0.39 is 47.9 Å². The molecule has 0 aliphatic carbocycles. The normalized spacial score (nSPS) is 12.7. The number of aromatic nitrogens is 8. The van der Waals surface area contributed by atoms with E-state index in [1.807, 2.05) is 0 Å². The van der Waals surface area contributed by atoms with Crippen LogP contribution in [-0.2, 0) is 10.9 Å².